The first-order valence-electron chi connectivity index (χ1n) is 4.47. The number of amides is 2. The quantitative estimate of drug-likeness (QED) is 0.274. The summed E-state index contributed by atoms with van der Waals surface area (Å²) < 4.78 is 0. The molecule has 0 radical (unpaired) electrons. The average Bonchev–Trinajstić information content (AvgIpc) is 2.28. The number of benzene rings is 1. The van der Waals surface area contributed by atoms with Crippen LogP contribution in [-0.2, 0) is 9.59 Å². The number of nitrogens with zero attached hydrogens (tertiary/aromatic N) is 1. The Morgan fingerprint density at radius 2 is 1.88 bits per heavy atom. The van der Waals surface area contributed by atoms with Gasteiger partial charge in [-0.05, 0) is 12.1 Å². The van der Waals surface area contributed by atoms with E-state index in [0.29, 0.717) is 0 Å². The summed E-state index contributed by atoms with van der Waals surface area (Å²) in [6.07, 6.45) is -0.498. The van der Waals surface area contributed by atoms with Gasteiger partial charge in [0.15, 0.2) is 0 Å². The third-order valence-electron chi connectivity index (χ3n) is 1.99. The largest absolute Gasteiger partial charge is 0.508 e. The van der Waals surface area contributed by atoms with Crippen molar-refractivity contribution in [1.29, 1.82) is 0 Å². The molecular weight excluding hydrogens is 230 g/mol. The van der Waals surface area contributed by atoms with Crippen LogP contribution >= 0.6 is 0 Å². The predicted molar refractivity (Wildman–Crippen MR) is 55.9 cm³/mol. The Labute approximate surface area is 95.4 Å². The molecule has 1 aromatic rings. The van der Waals surface area contributed by atoms with Crippen LogP contribution < -0.4 is 10.6 Å². The highest BCUT2D eigenvalue weighted by atomic mass is 16.6. The van der Waals surface area contributed by atoms with E-state index < -0.39 is 11.1 Å². The lowest BCUT2D eigenvalue weighted by atomic mass is 10.1. The number of phenolic OH excluding ortho intramolecular Hbond substituents is 1. The molecule has 17 heavy (non-hydrogen) atoms. The zero-order valence-electron chi connectivity index (χ0n) is 8.49. The number of aromatic hydroxyl groups is 1. The van der Waals surface area contributed by atoms with E-state index in [1.807, 2.05) is 0 Å². The van der Waals surface area contributed by atoms with Crippen LogP contribution in [0.2, 0.25) is 0 Å². The van der Waals surface area contributed by atoms with Crippen molar-refractivity contribution in [3.05, 3.63) is 33.9 Å². The fourth-order valence-corrected chi connectivity index (χ4v) is 1.30. The predicted octanol–water partition coefficient (Wildman–Crippen LogP) is -0.209. The Kier molecular flexibility index (Phi) is 3.98. The average molecular weight is 239 g/mol. The Bertz CT molecular complexity index is 438. The van der Waals surface area contributed by atoms with Crippen molar-refractivity contribution in [2.45, 2.75) is 6.17 Å². The molecule has 8 nitrogen and oxygen atoms in total. The topological polar surface area (TPSA) is 122 Å². The lowest BCUT2D eigenvalue weighted by Crippen LogP contribution is -2.32. The van der Waals surface area contributed by atoms with Crippen molar-refractivity contribution < 1.29 is 19.6 Å². The monoisotopic (exact) mass is 239 g/mol. The summed E-state index contributed by atoms with van der Waals surface area (Å²) >= 11 is 0. The number of carbonyl (C=O) groups excluding carboxylic acids is 2. The van der Waals surface area contributed by atoms with Crippen LogP contribution in [0.1, 0.15) is 11.7 Å². The number of hydrogen-bond acceptors (Lipinski definition) is 5. The van der Waals surface area contributed by atoms with Gasteiger partial charge in [-0.2, -0.15) is 0 Å². The summed E-state index contributed by atoms with van der Waals surface area (Å²) in [6, 6.07) is 3.31. The standard InChI is InChI=1S/C9H9N3O5/c13-4-10-9(11-5-14)7-3-6(15)1-2-8(7)12(16)17/h1-5,9,15H,(H,10,13)(H,11,14). The van der Waals surface area contributed by atoms with Gasteiger partial charge < -0.3 is 15.7 Å². The van der Waals surface area contributed by atoms with E-state index in [4.69, 9.17) is 0 Å². The van der Waals surface area contributed by atoms with Crippen LogP contribution in [0.5, 0.6) is 5.75 Å². The summed E-state index contributed by atoms with van der Waals surface area (Å²) in [5.41, 5.74) is -0.342. The second-order valence-electron chi connectivity index (χ2n) is 3.00. The molecule has 0 aliphatic rings. The summed E-state index contributed by atoms with van der Waals surface area (Å²) in [5.74, 6) is -0.212. The molecule has 90 valence electrons. The van der Waals surface area contributed by atoms with E-state index >= 15 is 0 Å². The van der Waals surface area contributed by atoms with Gasteiger partial charge in [-0.1, -0.05) is 0 Å². The first-order valence-corrected chi connectivity index (χ1v) is 4.47. The fourth-order valence-electron chi connectivity index (χ4n) is 1.30. The van der Waals surface area contributed by atoms with Crippen LogP contribution in [0, 0.1) is 10.1 Å². The van der Waals surface area contributed by atoms with Gasteiger partial charge >= 0.3 is 0 Å². The first kappa shape index (κ1) is 12.4. The van der Waals surface area contributed by atoms with Crippen LogP contribution in [0.25, 0.3) is 0 Å². The lowest BCUT2D eigenvalue weighted by molar-refractivity contribution is -0.385. The van der Waals surface area contributed by atoms with Crippen LogP contribution in [0.3, 0.4) is 0 Å². The van der Waals surface area contributed by atoms with E-state index in [0.717, 1.165) is 18.2 Å². The Morgan fingerprint density at radius 3 is 2.35 bits per heavy atom. The highest BCUT2D eigenvalue weighted by Gasteiger charge is 2.21. The molecule has 0 heterocycles. The van der Waals surface area contributed by atoms with Gasteiger partial charge in [-0.15, -0.1) is 0 Å². The first-order chi connectivity index (χ1) is 8.10. The maximum Gasteiger partial charge on any atom is 0.276 e. The second-order valence-corrected chi connectivity index (χ2v) is 3.00. The zero-order valence-corrected chi connectivity index (χ0v) is 8.49. The molecule has 0 bridgehead atoms. The van der Waals surface area contributed by atoms with Crippen LogP contribution in [-0.4, -0.2) is 22.9 Å². The molecule has 3 N–H and O–H groups in total. The van der Waals surface area contributed by atoms with Crippen molar-refractivity contribution in [3.8, 4) is 5.75 Å². The third kappa shape index (κ3) is 2.91. The summed E-state index contributed by atoms with van der Waals surface area (Å²) in [6.45, 7) is 0. The SMILES string of the molecule is O=CNC(NC=O)c1cc(O)ccc1[N+](=O)[O-]. The lowest BCUT2D eigenvalue weighted by Gasteiger charge is -2.15. The van der Waals surface area contributed by atoms with Crippen molar-refractivity contribution in [1.82, 2.24) is 10.6 Å². The van der Waals surface area contributed by atoms with Gasteiger partial charge in [-0.3, -0.25) is 19.7 Å². The van der Waals surface area contributed by atoms with E-state index in [1.54, 1.807) is 0 Å². The molecule has 0 aromatic heterocycles. The number of nitrogens with one attached hydrogen (secondary N) is 2. The molecule has 0 saturated heterocycles. The second kappa shape index (κ2) is 5.45. The molecule has 0 aliphatic carbocycles. The molecule has 0 aliphatic heterocycles. The molecule has 2 amide bonds. The summed E-state index contributed by atoms with van der Waals surface area (Å²) in [4.78, 5) is 30.7. The number of nitro benzene ring substituents is 1. The van der Waals surface area contributed by atoms with Crippen molar-refractivity contribution in [2.24, 2.45) is 0 Å². The molecule has 0 saturated carbocycles. The molecule has 0 atom stereocenters. The van der Waals surface area contributed by atoms with Crippen LogP contribution in [0.15, 0.2) is 18.2 Å². The Morgan fingerprint density at radius 1 is 1.29 bits per heavy atom. The van der Waals surface area contributed by atoms with Crippen molar-refractivity contribution in [3.63, 3.8) is 0 Å². The van der Waals surface area contributed by atoms with Gasteiger partial charge in [-0.25, -0.2) is 0 Å². The fraction of sp³-hybridized carbons (Fsp3) is 0.111. The highest BCUT2D eigenvalue weighted by Crippen LogP contribution is 2.27. The summed E-state index contributed by atoms with van der Waals surface area (Å²) in [5, 5.41) is 24.4. The smallest absolute Gasteiger partial charge is 0.276 e. The maximum atomic E-state index is 10.7. The molecule has 1 aromatic carbocycles. The van der Waals surface area contributed by atoms with Crippen LogP contribution in [0.4, 0.5) is 5.69 Å². The van der Waals surface area contributed by atoms with Gasteiger partial charge in [0, 0.05) is 6.07 Å². The van der Waals surface area contributed by atoms with Crippen molar-refractivity contribution >= 4 is 18.5 Å². The van der Waals surface area contributed by atoms with E-state index in [1.165, 1.54) is 0 Å². The minimum absolute atomic E-state index is 0.0193. The molecule has 8 heteroatoms. The minimum Gasteiger partial charge on any atom is -0.508 e. The van der Waals surface area contributed by atoms with Gasteiger partial charge in [0.1, 0.15) is 11.9 Å². The highest BCUT2D eigenvalue weighted by molar-refractivity contribution is 5.56. The summed E-state index contributed by atoms with van der Waals surface area (Å²) in [7, 11) is 0. The van der Waals surface area contributed by atoms with E-state index in [9.17, 15) is 24.8 Å². The molecule has 1 rings (SSSR count). The Hall–Kier alpha value is -2.64. The number of hydrogen-bond donors (Lipinski definition) is 3. The molecule has 0 spiro atoms. The van der Waals surface area contributed by atoms with Gasteiger partial charge in [0.2, 0.25) is 12.8 Å². The number of rotatable bonds is 6. The Balaban J connectivity index is 3.22. The number of nitro groups is 1. The van der Waals surface area contributed by atoms with Gasteiger partial charge in [0.25, 0.3) is 5.69 Å². The normalized spacial score (nSPS) is 9.71. The molecular formula is C9H9N3O5. The molecule has 0 fully saturated rings. The molecule has 0 unspecified atom stereocenters. The maximum absolute atomic E-state index is 10.7. The van der Waals surface area contributed by atoms with Gasteiger partial charge in [0.05, 0.1) is 10.5 Å². The number of carbonyl (C=O) groups is 2. The zero-order chi connectivity index (χ0) is 12.8. The van der Waals surface area contributed by atoms with Crippen molar-refractivity contribution in [2.75, 3.05) is 0 Å². The van der Waals surface area contributed by atoms with E-state index in [2.05, 4.69) is 10.6 Å². The minimum atomic E-state index is -1.07. The van der Waals surface area contributed by atoms with E-state index in [-0.39, 0.29) is 29.8 Å². The number of phenols is 1. The third-order valence-corrected chi connectivity index (χ3v) is 1.99.